The molecule has 1 atom stereocenters. The topological polar surface area (TPSA) is 125 Å². The van der Waals surface area contributed by atoms with Crippen LogP contribution in [0.25, 0.3) is 0 Å². The van der Waals surface area contributed by atoms with Gasteiger partial charge < -0.3 is 19.1 Å². The van der Waals surface area contributed by atoms with E-state index in [1.54, 1.807) is 12.4 Å². The molecule has 0 saturated carbocycles. The van der Waals surface area contributed by atoms with Gasteiger partial charge in [-0.15, -0.1) is 0 Å². The maximum absolute atomic E-state index is 15.2. The summed E-state index contributed by atoms with van der Waals surface area (Å²) in [6.45, 7) is 1.49. The highest BCUT2D eigenvalue weighted by molar-refractivity contribution is 7.93. The number of methoxy groups -OCH3 is 3. The Bertz CT molecular complexity index is 1960. The number of aromatic nitrogens is 1. The summed E-state index contributed by atoms with van der Waals surface area (Å²) >= 11 is 0. The van der Waals surface area contributed by atoms with Gasteiger partial charge in [-0.05, 0) is 60.7 Å². The quantitative estimate of drug-likeness (QED) is 0.279. The Morgan fingerprint density at radius 1 is 0.848 bits per heavy atom. The van der Waals surface area contributed by atoms with Gasteiger partial charge in [0.1, 0.15) is 28.0 Å². The summed E-state index contributed by atoms with van der Waals surface area (Å²) in [5.41, 5.74) is -0.380. The van der Waals surface area contributed by atoms with Crippen molar-refractivity contribution in [2.75, 3.05) is 56.7 Å². The molecule has 3 heterocycles. The van der Waals surface area contributed by atoms with E-state index >= 15 is 9.18 Å². The summed E-state index contributed by atoms with van der Waals surface area (Å²) in [5, 5.41) is 9.91. The molecule has 236 valence electrons. The maximum atomic E-state index is 15.2. The second-order valence-corrected chi connectivity index (χ2v) is 12.4. The number of anilines is 2. The molecule has 1 fully saturated rings. The van der Waals surface area contributed by atoms with Crippen molar-refractivity contribution < 1.29 is 31.8 Å². The summed E-state index contributed by atoms with van der Waals surface area (Å²) in [4.78, 5) is 23.0. The van der Waals surface area contributed by atoms with Crippen LogP contribution in [0.3, 0.4) is 0 Å². The number of carbonyl (C=O) groups is 1. The van der Waals surface area contributed by atoms with E-state index in [-0.39, 0.29) is 51.9 Å². The molecule has 0 bridgehead atoms. The van der Waals surface area contributed by atoms with Crippen LogP contribution in [0.1, 0.15) is 16.7 Å². The van der Waals surface area contributed by atoms with Crippen molar-refractivity contribution in [1.82, 2.24) is 9.88 Å². The lowest BCUT2D eigenvalue weighted by Crippen LogP contribution is -2.60. The van der Waals surface area contributed by atoms with Crippen LogP contribution in [0.5, 0.6) is 17.2 Å². The van der Waals surface area contributed by atoms with Crippen LogP contribution >= 0.6 is 0 Å². The Morgan fingerprint density at radius 3 is 2.22 bits per heavy atom. The molecule has 46 heavy (non-hydrogen) atoms. The van der Waals surface area contributed by atoms with Gasteiger partial charge >= 0.3 is 0 Å². The third kappa shape index (κ3) is 4.77. The number of amides is 1. The first-order valence-corrected chi connectivity index (χ1v) is 15.7. The first-order valence-electron chi connectivity index (χ1n) is 14.3. The molecule has 0 radical (unpaired) electrons. The van der Waals surface area contributed by atoms with E-state index in [2.05, 4.69) is 16.0 Å². The standard InChI is InChI=1S/C33H30FN5O6S/c1-43-25-6-9-31(30(20-25)45-3)46(41,42)39-28-7-4-22(21-35)18-26(28)33(32(39)40,27-19-23(34)5-8-29(27)44-2)38-16-14-37(15-17-38)24-10-12-36-13-11-24/h4-13,18-20H,14-17H2,1-3H3. The van der Waals surface area contributed by atoms with Gasteiger partial charge in [-0.3, -0.25) is 14.7 Å². The minimum absolute atomic E-state index is 0.0322. The first-order chi connectivity index (χ1) is 22.2. The zero-order chi connectivity index (χ0) is 32.6. The molecule has 1 amide bonds. The fraction of sp³-hybridized carbons (Fsp3) is 0.242. The van der Waals surface area contributed by atoms with Crippen LogP contribution in [0, 0.1) is 17.1 Å². The minimum Gasteiger partial charge on any atom is -0.497 e. The first kappa shape index (κ1) is 30.8. The van der Waals surface area contributed by atoms with Gasteiger partial charge in [0.15, 0.2) is 5.54 Å². The minimum atomic E-state index is -4.65. The summed E-state index contributed by atoms with van der Waals surface area (Å²) in [6.07, 6.45) is 3.38. The number of benzene rings is 3. The average Bonchev–Trinajstić information content (AvgIpc) is 3.36. The summed E-state index contributed by atoms with van der Waals surface area (Å²) in [7, 11) is -0.499. The lowest BCUT2D eigenvalue weighted by atomic mass is 9.80. The number of carbonyl (C=O) groups excluding carboxylic acids is 1. The molecular weight excluding hydrogens is 613 g/mol. The van der Waals surface area contributed by atoms with Gasteiger partial charge in [0.05, 0.1) is 38.6 Å². The van der Waals surface area contributed by atoms with E-state index in [1.165, 1.54) is 75.9 Å². The van der Waals surface area contributed by atoms with Crippen molar-refractivity contribution in [3.63, 3.8) is 0 Å². The number of halogens is 1. The molecule has 6 rings (SSSR count). The second-order valence-electron chi connectivity index (χ2n) is 10.7. The van der Waals surface area contributed by atoms with E-state index in [0.29, 0.717) is 18.8 Å². The number of rotatable bonds is 8. The number of ether oxygens (including phenoxy) is 3. The van der Waals surface area contributed by atoms with Crippen molar-refractivity contribution >= 4 is 27.3 Å². The van der Waals surface area contributed by atoms with Gasteiger partial charge in [0, 0.05) is 61.5 Å². The third-order valence-corrected chi connectivity index (χ3v) is 10.2. The lowest BCUT2D eigenvalue weighted by Gasteiger charge is -2.46. The summed E-state index contributed by atoms with van der Waals surface area (Å²) < 4.78 is 61.4. The average molecular weight is 644 g/mol. The number of nitriles is 1. The molecule has 0 N–H and O–H groups in total. The Morgan fingerprint density at radius 2 is 1.57 bits per heavy atom. The SMILES string of the molecule is COc1ccc(S(=O)(=O)N2C(=O)C(c3cc(F)ccc3OC)(N3CCN(c4ccncc4)CC3)c3cc(C#N)ccc32)c(OC)c1. The monoisotopic (exact) mass is 643 g/mol. The smallest absolute Gasteiger partial charge is 0.274 e. The highest BCUT2D eigenvalue weighted by Crippen LogP contribution is 2.53. The lowest BCUT2D eigenvalue weighted by molar-refractivity contribution is -0.127. The molecule has 13 heteroatoms. The maximum Gasteiger partial charge on any atom is 0.274 e. The third-order valence-electron chi connectivity index (χ3n) is 8.45. The normalized spacial score (nSPS) is 18.2. The van der Waals surface area contributed by atoms with Gasteiger partial charge in [0.2, 0.25) is 0 Å². The van der Waals surface area contributed by atoms with E-state index in [1.807, 2.05) is 17.0 Å². The van der Waals surface area contributed by atoms with E-state index in [4.69, 9.17) is 14.2 Å². The molecule has 0 spiro atoms. The molecule has 1 saturated heterocycles. The second kappa shape index (κ2) is 12.0. The van der Waals surface area contributed by atoms with Gasteiger partial charge in [0.25, 0.3) is 15.9 Å². The Kier molecular flexibility index (Phi) is 8.01. The number of hydrogen-bond donors (Lipinski definition) is 0. The van der Waals surface area contributed by atoms with Crippen molar-refractivity contribution in [2.45, 2.75) is 10.4 Å². The highest BCUT2D eigenvalue weighted by Gasteiger charge is 2.61. The number of nitrogens with zero attached hydrogens (tertiary/aromatic N) is 5. The molecule has 1 aromatic heterocycles. The van der Waals surface area contributed by atoms with Crippen molar-refractivity contribution in [2.24, 2.45) is 0 Å². The van der Waals surface area contributed by atoms with Crippen LogP contribution in [0.2, 0.25) is 0 Å². The number of sulfonamides is 1. The fourth-order valence-corrected chi connectivity index (χ4v) is 7.92. The predicted molar refractivity (Wildman–Crippen MR) is 167 cm³/mol. The Labute approximate surface area is 266 Å². The van der Waals surface area contributed by atoms with Crippen molar-refractivity contribution in [1.29, 1.82) is 5.26 Å². The van der Waals surface area contributed by atoms with Crippen molar-refractivity contribution in [3.8, 4) is 23.3 Å². The van der Waals surface area contributed by atoms with Crippen LogP contribution in [0.15, 0.2) is 84.0 Å². The van der Waals surface area contributed by atoms with E-state index < -0.39 is 27.3 Å². The molecule has 2 aliphatic heterocycles. The summed E-state index contributed by atoms with van der Waals surface area (Å²) in [5.74, 6) is -1.00. The Hall–Kier alpha value is -5.19. The largest absolute Gasteiger partial charge is 0.497 e. The molecule has 1 unspecified atom stereocenters. The Balaban J connectivity index is 1.59. The molecule has 3 aromatic carbocycles. The zero-order valence-electron chi connectivity index (χ0n) is 25.3. The molecule has 0 aliphatic carbocycles. The molecule has 11 nitrogen and oxygen atoms in total. The molecule has 4 aromatic rings. The summed E-state index contributed by atoms with van der Waals surface area (Å²) in [6, 6.07) is 18.2. The molecule has 2 aliphatic rings. The number of hydrogen-bond acceptors (Lipinski definition) is 10. The van der Waals surface area contributed by atoms with Crippen molar-refractivity contribution in [3.05, 3.63) is 102 Å². The fourth-order valence-electron chi connectivity index (χ4n) is 6.32. The number of fused-ring (bicyclic) bond motifs is 1. The van der Waals surface area contributed by atoms with Gasteiger partial charge in [-0.25, -0.2) is 17.1 Å². The van der Waals surface area contributed by atoms with Gasteiger partial charge in [-0.1, -0.05) is 0 Å². The zero-order valence-corrected chi connectivity index (χ0v) is 26.1. The van der Waals surface area contributed by atoms with Crippen LogP contribution in [0.4, 0.5) is 15.8 Å². The van der Waals surface area contributed by atoms with E-state index in [0.717, 1.165) is 9.99 Å². The van der Waals surface area contributed by atoms with E-state index in [9.17, 15) is 13.7 Å². The van der Waals surface area contributed by atoms with Crippen LogP contribution < -0.4 is 23.4 Å². The van der Waals surface area contributed by atoms with Crippen LogP contribution in [-0.4, -0.2) is 71.7 Å². The number of pyridine rings is 1. The van der Waals surface area contributed by atoms with Gasteiger partial charge in [-0.2, -0.15) is 5.26 Å². The highest BCUT2D eigenvalue weighted by atomic mass is 32.2. The molecular formula is C33H30FN5O6S. The van der Waals surface area contributed by atoms with Crippen LogP contribution in [-0.2, 0) is 20.4 Å². The number of piperazine rings is 1. The predicted octanol–water partition coefficient (Wildman–Crippen LogP) is 3.92.